The average Bonchev–Trinajstić information content (AvgIpc) is 2.25. The van der Waals surface area contributed by atoms with Crippen LogP contribution >= 0.6 is 0 Å². The molecule has 4 heteroatoms. The smallest absolute Gasteiger partial charge is 0.393 e. The molecule has 1 atom stereocenters. The van der Waals surface area contributed by atoms with Gasteiger partial charge in [0, 0.05) is 0 Å². The van der Waals surface area contributed by atoms with E-state index in [4.69, 9.17) is 0 Å². The van der Waals surface area contributed by atoms with Gasteiger partial charge in [0.05, 0.1) is 11.7 Å². The standard InChI is InChI=1S/C13H17F3O/c1-9(2)12(17)8-5-10-3-6-11(7-4-10)13(14,15)16/h3-4,6-7,9,12,17H,5,8H2,1-2H3. The lowest BCUT2D eigenvalue weighted by atomic mass is 9.99. The predicted octanol–water partition coefficient (Wildman–Crippen LogP) is 3.65. The Hall–Kier alpha value is -1.03. The van der Waals surface area contributed by atoms with Gasteiger partial charge in [0.1, 0.15) is 0 Å². The van der Waals surface area contributed by atoms with Gasteiger partial charge in [-0.05, 0) is 36.5 Å². The van der Waals surface area contributed by atoms with Crippen LogP contribution in [0.4, 0.5) is 13.2 Å². The second kappa shape index (κ2) is 5.54. The summed E-state index contributed by atoms with van der Waals surface area (Å²) in [5.41, 5.74) is 0.184. The van der Waals surface area contributed by atoms with E-state index in [-0.39, 0.29) is 5.92 Å². The van der Waals surface area contributed by atoms with Crippen molar-refractivity contribution in [1.29, 1.82) is 0 Å². The van der Waals surface area contributed by atoms with E-state index in [1.54, 1.807) is 0 Å². The van der Waals surface area contributed by atoms with Crippen molar-refractivity contribution in [2.75, 3.05) is 0 Å². The maximum atomic E-state index is 12.3. The molecule has 96 valence electrons. The van der Waals surface area contributed by atoms with E-state index in [1.807, 2.05) is 13.8 Å². The monoisotopic (exact) mass is 246 g/mol. The van der Waals surface area contributed by atoms with Crippen molar-refractivity contribution in [2.24, 2.45) is 5.92 Å². The van der Waals surface area contributed by atoms with Gasteiger partial charge in [0.2, 0.25) is 0 Å². The summed E-state index contributed by atoms with van der Waals surface area (Å²) in [5.74, 6) is 0.171. The first kappa shape index (κ1) is 14.0. The van der Waals surface area contributed by atoms with E-state index in [0.29, 0.717) is 12.8 Å². The fourth-order valence-corrected chi connectivity index (χ4v) is 1.51. The Morgan fingerprint density at radius 3 is 2.06 bits per heavy atom. The number of halogens is 3. The summed E-state index contributed by atoms with van der Waals surface area (Å²) in [7, 11) is 0. The Bertz CT molecular complexity index is 341. The third kappa shape index (κ3) is 4.38. The van der Waals surface area contributed by atoms with Crippen molar-refractivity contribution in [3.8, 4) is 0 Å². The molecule has 1 rings (SSSR count). The van der Waals surface area contributed by atoms with Gasteiger partial charge in [-0.1, -0.05) is 26.0 Å². The summed E-state index contributed by atoms with van der Waals surface area (Å²) in [6.45, 7) is 3.83. The van der Waals surface area contributed by atoms with E-state index in [2.05, 4.69) is 0 Å². The van der Waals surface area contributed by atoms with Crippen LogP contribution in [0.3, 0.4) is 0 Å². The molecular formula is C13H17F3O. The minimum absolute atomic E-state index is 0.171. The zero-order valence-corrected chi connectivity index (χ0v) is 9.96. The molecule has 0 aliphatic carbocycles. The molecule has 0 aliphatic rings. The first-order valence-electron chi connectivity index (χ1n) is 5.65. The van der Waals surface area contributed by atoms with Crippen molar-refractivity contribution in [3.05, 3.63) is 35.4 Å². The summed E-state index contributed by atoms with van der Waals surface area (Å²) < 4.78 is 36.9. The minimum Gasteiger partial charge on any atom is -0.393 e. The lowest BCUT2D eigenvalue weighted by Crippen LogP contribution is -2.15. The summed E-state index contributed by atoms with van der Waals surface area (Å²) in [5, 5.41) is 9.59. The molecule has 0 aliphatic heterocycles. The largest absolute Gasteiger partial charge is 0.416 e. The van der Waals surface area contributed by atoms with Crippen LogP contribution in [-0.4, -0.2) is 11.2 Å². The number of alkyl halides is 3. The highest BCUT2D eigenvalue weighted by atomic mass is 19.4. The van der Waals surface area contributed by atoms with Crippen LogP contribution < -0.4 is 0 Å². The van der Waals surface area contributed by atoms with Gasteiger partial charge >= 0.3 is 6.18 Å². The van der Waals surface area contributed by atoms with E-state index in [0.717, 1.165) is 17.7 Å². The molecule has 1 aromatic carbocycles. The molecule has 1 nitrogen and oxygen atoms in total. The first-order chi connectivity index (χ1) is 7.80. The quantitative estimate of drug-likeness (QED) is 0.859. The van der Waals surface area contributed by atoms with Gasteiger partial charge < -0.3 is 5.11 Å². The Morgan fingerprint density at radius 2 is 1.65 bits per heavy atom. The highest BCUT2D eigenvalue weighted by molar-refractivity contribution is 5.24. The highest BCUT2D eigenvalue weighted by Gasteiger charge is 2.29. The molecule has 0 radical (unpaired) electrons. The second-order valence-corrected chi connectivity index (χ2v) is 4.54. The van der Waals surface area contributed by atoms with E-state index in [1.165, 1.54) is 12.1 Å². The number of hydrogen-bond donors (Lipinski definition) is 1. The Morgan fingerprint density at radius 1 is 1.12 bits per heavy atom. The van der Waals surface area contributed by atoms with Gasteiger partial charge in [0.25, 0.3) is 0 Å². The van der Waals surface area contributed by atoms with Gasteiger partial charge in [-0.2, -0.15) is 13.2 Å². The molecule has 0 spiro atoms. The maximum absolute atomic E-state index is 12.3. The molecular weight excluding hydrogens is 229 g/mol. The van der Waals surface area contributed by atoms with Crippen LogP contribution in [0.1, 0.15) is 31.4 Å². The third-order valence-electron chi connectivity index (χ3n) is 2.78. The van der Waals surface area contributed by atoms with E-state index >= 15 is 0 Å². The van der Waals surface area contributed by atoms with Crippen LogP contribution in [-0.2, 0) is 12.6 Å². The molecule has 0 heterocycles. The fraction of sp³-hybridized carbons (Fsp3) is 0.538. The van der Waals surface area contributed by atoms with Gasteiger partial charge in [-0.15, -0.1) is 0 Å². The Labute approximate surface area is 99.3 Å². The summed E-state index contributed by atoms with van der Waals surface area (Å²) in [6, 6.07) is 5.10. The Balaban J connectivity index is 2.57. The van der Waals surface area contributed by atoms with Crippen molar-refractivity contribution in [1.82, 2.24) is 0 Å². The normalized spacial score (nSPS) is 14.1. The molecule has 0 aromatic heterocycles. The van der Waals surface area contributed by atoms with Crippen molar-refractivity contribution in [2.45, 2.75) is 39.0 Å². The van der Waals surface area contributed by atoms with E-state index in [9.17, 15) is 18.3 Å². The number of aliphatic hydroxyl groups excluding tert-OH is 1. The molecule has 0 fully saturated rings. The Kier molecular flexibility index (Phi) is 4.57. The van der Waals surface area contributed by atoms with Crippen LogP contribution in [0, 0.1) is 5.92 Å². The van der Waals surface area contributed by atoms with Crippen LogP contribution in [0.15, 0.2) is 24.3 Å². The summed E-state index contributed by atoms with van der Waals surface area (Å²) in [4.78, 5) is 0. The SMILES string of the molecule is CC(C)C(O)CCc1ccc(C(F)(F)F)cc1. The number of benzene rings is 1. The molecule has 0 bridgehead atoms. The average molecular weight is 246 g/mol. The van der Waals surface area contributed by atoms with Crippen LogP contribution in [0.5, 0.6) is 0 Å². The second-order valence-electron chi connectivity index (χ2n) is 4.54. The maximum Gasteiger partial charge on any atom is 0.416 e. The number of aliphatic hydroxyl groups is 1. The zero-order chi connectivity index (χ0) is 13.1. The van der Waals surface area contributed by atoms with Crippen LogP contribution in [0.2, 0.25) is 0 Å². The van der Waals surface area contributed by atoms with Crippen LogP contribution in [0.25, 0.3) is 0 Å². The van der Waals surface area contributed by atoms with Gasteiger partial charge in [-0.3, -0.25) is 0 Å². The van der Waals surface area contributed by atoms with Crippen molar-refractivity contribution < 1.29 is 18.3 Å². The molecule has 0 amide bonds. The topological polar surface area (TPSA) is 20.2 Å². The highest BCUT2D eigenvalue weighted by Crippen LogP contribution is 2.29. The fourth-order valence-electron chi connectivity index (χ4n) is 1.51. The summed E-state index contributed by atoms with van der Waals surface area (Å²) >= 11 is 0. The number of hydrogen-bond acceptors (Lipinski definition) is 1. The summed E-state index contributed by atoms with van der Waals surface area (Å²) in [6.07, 6.45) is -3.52. The van der Waals surface area contributed by atoms with Gasteiger partial charge in [-0.25, -0.2) is 0 Å². The molecule has 17 heavy (non-hydrogen) atoms. The molecule has 0 saturated heterocycles. The third-order valence-corrected chi connectivity index (χ3v) is 2.78. The van der Waals surface area contributed by atoms with Crippen molar-refractivity contribution >= 4 is 0 Å². The van der Waals surface area contributed by atoms with E-state index < -0.39 is 17.8 Å². The molecule has 1 unspecified atom stereocenters. The molecule has 0 saturated carbocycles. The first-order valence-corrected chi connectivity index (χ1v) is 5.65. The number of aryl methyl sites for hydroxylation is 1. The zero-order valence-electron chi connectivity index (χ0n) is 9.96. The van der Waals surface area contributed by atoms with Gasteiger partial charge in [0.15, 0.2) is 0 Å². The minimum atomic E-state index is -4.28. The lowest BCUT2D eigenvalue weighted by molar-refractivity contribution is -0.137. The number of rotatable bonds is 4. The lowest BCUT2D eigenvalue weighted by Gasteiger charge is -2.14. The molecule has 1 aromatic rings. The predicted molar refractivity (Wildman–Crippen MR) is 60.6 cm³/mol. The molecule has 1 N–H and O–H groups in total. The van der Waals surface area contributed by atoms with Crippen molar-refractivity contribution in [3.63, 3.8) is 0 Å².